The number of para-hydroxylation sites is 4. The van der Waals surface area contributed by atoms with Crippen molar-refractivity contribution >= 4 is 67.0 Å². The van der Waals surface area contributed by atoms with Crippen molar-refractivity contribution in [2.75, 3.05) is 62.7 Å². The molecule has 0 unspecified atom stereocenters. The molecule has 92 heavy (non-hydrogen) atoms. The molecule has 2 amide bonds. The van der Waals surface area contributed by atoms with Gasteiger partial charge in [-0.3, -0.25) is 9.59 Å². The third-order valence-electron chi connectivity index (χ3n) is 20.2. The average Bonchev–Trinajstić information content (AvgIpc) is 1.28. The summed E-state index contributed by atoms with van der Waals surface area (Å²) in [6.07, 6.45) is 20.8. The molecule has 7 aliphatic rings. The largest absolute Gasteiger partial charge is 0.456 e. The van der Waals surface area contributed by atoms with Crippen molar-refractivity contribution in [2.45, 2.75) is 120 Å². The lowest BCUT2D eigenvalue weighted by atomic mass is 9.81. The van der Waals surface area contributed by atoms with Gasteiger partial charge in [0, 0.05) is 150 Å². The summed E-state index contributed by atoms with van der Waals surface area (Å²) in [4.78, 5) is 31.5. The molecular formula is C79H87N7O5S+2. The first-order chi connectivity index (χ1) is 44.7. The highest BCUT2D eigenvalue weighted by Gasteiger charge is 2.43. The van der Waals surface area contributed by atoms with E-state index in [2.05, 4.69) is 228 Å². The van der Waals surface area contributed by atoms with E-state index in [0.717, 1.165) is 105 Å². The van der Waals surface area contributed by atoms with Crippen LogP contribution in [0.1, 0.15) is 114 Å². The lowest BCUT2D eigenvalue weighted by molar-refractivity contribution is -0.401. The highest BCUT2D eigenvalue weighted by molar-refractivity contribution is 7.89. The minimum absolute atomic E-state index is 0.0143. The highest BCUT2D eigenvalue weighted by Crippen LogP contribution is 2.49. The molecule has 0 atom stereocenters. The Bertz CT molecular complexity index is 4410. The molecule has 13 heteroatoms. The van der Waals surface area contributed by atoms with Gasteiger partial charge in [-0.1, -0.05) is 142 Å². The molecule has 6 aliphatic heterocycles. The van der Waals surface area contributed by atoms with Crippen molar-refractivity contribution in [2.24, 2.45) is 5.92 Å². The average molecular weight is 1250 g/mol. The Hall–Kier alpha value is -8.65. The Labute approximate surface area is 543 Å². The predicted octanol–water partition coefficient (Wildman–Crippen LogP) is 14.8. The molecule has 6 heterocycles. The number of carbonyl (C=O) groups is 2. The fraction of sp³-hybridized carbons (Fsp3) is 0.342. The van der Waals surface area contributed by atoms with Gasteiger partial charge in [-0.2, -0.15) is 13.5 Å². The molecule has 2 N–H and O–H groups in total. The molecule has 6 aromatic carbocycles. The lowest BCUT2D eigenvalue weighted by Gasteiger charge is -2.31. The number of piperidine rings is 1. The zero-order valence-electron chi connectivity index (χ0n) is 54.1. The van der Waals surface area contributed by atoms with Gasteiger partial charge in [0.1, 0.15) is 18.4 Å². The molecule has 0 spiro atoms. The molecule has 0 bridgehead atoms. The Morgan fingerprint density at radius 2 is 1.34 bits per heavy atom. The summed E-state index contributed by atoms with van der Waals surface area (Å²) in [5.74, 6) is 0.505. The number of anilines is 3. The summed E-state index contributed by atoms with van der Waals surface area (Å²) in [6, 6.07) is 54.5. The monoisotopic (exact) mass is 1250 g/mol. The van der Waals surface area contributed by atoms with Crippen LogP contribution in [0.5, 0.6) is 0 Å². The molecule has 6 aromatic rings. The molecule has 1 fully saturated rings. The standard InChI is InChI=1S/C79H85N7O5S/c1-78(2)64-29-16-20-33-68(64)82(5)73(78)36-10-8-11-37-74-79(3,4)65-30-17-21-34-69(65)86(74)49-25-9-12-38-75(87)80-47-23-6-7-24-48-81-77(88)58-43-50-83(51-44-58)92(89,90)72-35-22-15-28-63(72)76-61-41-39-59(84-52-45-56-26-13-18-31-66(56)84)54-70(61)91-71-55-60(40-42-62(71)76)85-53-46-57-27-14-19-32-67(57)85/h8,10-11,13-22,26-37,39-42,54-55,58H,6-7,9,12,23-25,38,43-53H2,1-5H3/p+2. The van der Waals surface area contributed by atoms with Crippen LogP contribution in [0.2, 0.25) is 0 Å². The lowest BCUT2D eigenvalue weighted by Crippen LogP contribution is -2.43. The Morgan fingerprint density at radius 1 is 0.641 bits per heavy atom. The fourth-order valence-corrected chi connectivity index (χ4v) is 16.8. The maximum absolute atomic E-state index is 15.0. The van der Waals surface area contributed by atoms with E-state index in [-0.39, 0.29) is 46.5 Å². The van der Waals surface area contributed by atoms with E-state index >= 15 is 8.42 Å². The second kappa shape index (κ2) is 26.5. The minimum atomic E-state index is -3.99. The molecule has 0 saturated carbocycles. The van der Waals surface area contributed by atoms with Gasteiger partial charge in [-0.25, -0.2) is 8.42 Å². The van der Waals surface area contributed by atoms with E-state index < -0.39 is 10.0 Å². The first kappa shape index (κ1) is 62.2. The first-order valence-electron chi connectivity index (χ1n) is 33.5. The van der Waals surface area contributed by atoms with E-state index in [9.17, 15) is 9.59 Å². The van der Waals surface area contributed by atoms with Crippen LogP contribution in [0.15, 0.2) is 203 Å². The van der Waals surface area contributed by atoms with Gasteiger partial charge in [0.2, 0.25) is 38.6 Å². The van der Waals surface area contributed by atoms with Gasteiger partial charge < -0.3 is 24.9 Å². The van der Waals surface area contributed by atoms with Crippen molar-refractivity contribution in [3.63, 3.8) is 0 Å². The van der Waals surface area contributed by atoms with Gasteiger partial charge >= 0.3 is 0 Å². The van der Waals surface area contributed by atoms with E-state index in [1.165, 1.54) is 56.4 Å². The summed E-state index contributed by atoms with van der Waals surface area (Å²) >= 11 is 0. The summed E-state index contributed by atoms with van der Waals surface area (Å²) in [7, 11) is -1.84. The molecule has 13 rings (SSSR count). The molecule has 0 aromatic heterocycles. The maximum atomic E-state index is 15.0. The van der Waals surface area contributed by atoms with Crippen LogP contribution in [0.3, 0.4) is 0 Å². The number of nitrogens with one attached hydrogen (secondary N) is 2. The van der Waals surface area contributed by atoms with E-state index in [1.807, 2.05) is 12.1 Å². The number of fused-ring (bicyclic) bond motifs is 6. The minimum Gasteiger partial charge on any atom is -0.456 e. The van der Waals surface area contributed by atoms with Gasteiger partial charge in [0.15, 0.2) is 12.3 Å². The molecular weight excluding hydrogens is 1160 g/mol. The van der Waals surface area contributed by atoms with Crippen LogP contribution in [-0.2, 0) is 43.3 Å². The summed E-state index contributed by atoms with van der Waals surface area (Å²) < 4.78 is 43.1. The second-order valence-corrected chi connectivity index (χ2v) is 28.5. The molecule has 1 saturated heterocycles. The number of allylic oxidation sites excluding steroid dienone is 6. The van der Waals surface area contributed by atoms with Gasteiger partial charge in [0.25, 0.3) is 0 Å². The number of benzene rings is 7. The third-order valence-corrected chi connectivity index (χ3v) is 22.1. The van der Waals surface area contributed by atoms with Crippen LogP contribution < -0.4 is 30.4 Å². The van der Waals surface area contributed by atoms with Gasteiger partial charge in [-0.15, -0.1) is 0 Å². The molecule has 0 radical (unpaired) electrons. The highest BCUT2D eigenvalue weighted by atomic mass is 32.2. The zero-order valence-corrected chi connectivity index (χ0v) is 54.9. The number of rotatable bonds is 21. The van der Waals surface area contributed by atoms with Crippen molar-refractivity contribution in [3.8, 4) is 22.5 Å². The number of carbonyl (C=O) groups excluding carboxylic acids is 2. The van der Waals surface area contributed by atoms with Crippen molar-refractivity contribution in [1.29, 1.82) is 0 Å². The Morgan fingerprint density at radius 3 is 2.14 bits per heavy atom. The fourth-order valence-electron chi connectivity index (χ4n) is 15.2. The number of sulfonamides is 1. The topological polar surface area (TPSA) is 121 Å². The Balaban J connectivity index is 0.565. The molecule has 472 valence electrons. The van der Waals surface area contributed by atoms with E-state index in [4.69, 9.17) is 4.42 Å². The summed E-state index contributed by atoms with van der Waals surface area (Å²) in [6.45, 7) is 13.6. The van der Waals surface area contributed by atoms with Crippen LogP contribution in [0.25, 0.3) is 33.4 Å². The number of nitrogens with zero attached hydrogens (tertiary/aromatic N) is 5. The number of unbranched alkanes of at least 4 members (excludes halogenated alkanes) is 5. The van der Waals surface area contributed by atoms with Crippen LogP contribution in [0.4, 0.5) is 28.4 Å². The van der Waals surface area contributed by atoms with Crippen LogP contribution in [0, 0.1) is 5.92 Å². The van der Waals surface area contributed by atoms with E-state index in [0.29, 0.717) is 49.3 Å². The van der Waals surface area contributed by atoms with E-state index in [1.54, 1.807) is 16.4 Å². The maximum Gasteiger partial charge on any atom is 0.243 e. The van der Waals surface area contributed by atoms with Crippen molar-refractivity contribution in [1.82, 2.24) is 19.5 Å². The normalized spacial score (nSPS) is 18.0. The van der Waals surface area contributed by atoms with Crippen LogP contribution in [-0.4, -0.2) is 87.7 Å². The predicted molar refractivity (Wildman–Crippen MR) is 373 cm³/mol. The first-order valence-corrected chi connectivity index (χ1v) is 34.9. The van der Waals surface area contributed by atoms with Crippen LogP contribution >= 0.6 is 0 Å². The summed E-state index contributed by atoms with van der Waals surface area (Å²) in [5.41, 5.74) is 16.6. The number of hydrogen-bond donors (Lipinski definition) is 2. The zero-order chi connectivity index (χ0) is 63.6. The smallest absolute Gasteiger partial charge is 0.243 e. The number of amides is 2. The SMILES string of the molecule is C[N+]1=C(C=CC=CC=C2N(CCCCCC(=O)NCCCCCCNC(=O)C3CCN(S(=O)(=O)c4ccccc4-c4c5ccc(=[N+]6CCc7ccccc76)cc-5oc5cc(N6CCc7ccccc76)ccc45)CC3)c3ccccc3C2(C)C)C(C)(C)c2ccccc21. The summed E-state index contributed by atoms with van der Waals surface area (Å²) in [5, 5.41) is 8.14. The van der Waals surface area contributed by atoms with Gasteiger partial charge in [0.05, 0.1) is 16.4 Å². The Kier molecular flexibility index (Phi) is 17.9. The second-order valence-electron chi connectivity index (χ2n) is 26.6. The number of hydrogen-bond acceptors (Lipinski definition) is 7. The van der Waals surface area contributed by atoms with Crippen molar-refractivity contribution < 1.29 is 27.0 Å². The van der Waals surface area contributed by atoms with Gasteiger partial charge in [-0.05, 0) is 112 Å². The third kappa shape index (κ3) is 12.2. The molecule has 1 aliphatic carbocycles. The quantitative estimate of drug-likeness (QED) is 0.0318. The van der Waals surface area contributed by atoms with Crippen molar-refractivity contribution in [3.05, 3.63) is 221 Å². The molecule has 12 nitrogen and oxygen atoms in total.